The van der Waals surface area contributed by atoms with Gasteiger partial charge in [0.15, 0.2) is 0 Å². The second kappa shape index (κ2) is 7.06. The number of methoxy groups -OCH3 is 1. The third-order valence-electron chi connectivity index (χ3n) is 3.46. The molecule has 0 N–H and O–H groups in total. The van der Waals surface area contributed by atoms with Gasteiger partial charge in [0.2, 0.25) is 9.84 Å². The Kier molecular flexibility index (Phi) is 6.24. The average molecular weight is 318 g/mol. The maximum Gasteiger partial charge on any atom is 0.497 e. The van der Waals surface area contributed by atoms with E-state index < -0.39 is 21.1 Å². The molecule has 1 fully saturated rings. The SMILES string of the molecule is COCCN1CCN(CCS(=O)(=O)C(F)(F)F)C[C@H]1C. The van der Waals surface area contributed by atoms with Gasteiger partial charge in [-0.3, -0.25) is 9.80 Å². The van der Waals surface area contributed by atoms with E-state index in [1.54, 1.807) is 12.0 Å². The fourth-order valence-electron chi connectivity index (χ4n) is 2.18. The fraction of sp³-hybridized carbons (Fsp3) is 1.00. The van der Waals surface area contributed by atoms with Crippen molar-refractivity contribution >= 4 is 9.84 Å². The van der Waals surface area contributed by atoms with Crippen molar-refractivity contribution in [1.29, 1.82) is 0 Å². The van der Waals surface area contributed by atoms with Crippen molar-refractivity contribution in [2.45, 2.75) is 18.5 Å². The Hall–Kier alpha value is -0.380. The van der Waals surface area contributed by atoms with Gasteiger partial charge in [-0.15, -0.1) is 0 Å². The van der Waals surface area contributed by atoms with Gasteiger partial charge in [0.05, 0.1) is 12.4 Å². The number of rotatable bonds is 6. The van der Waals surface area contributed by atoms with Crippen molar-refractivity contribution < 1.29 is 26.3 Å². The fourth-order valence-corrected chi connectivity index (χ4v) is 2.91. The summed E-state index contributed by atoms with van der Waals surface area (Å²) in [7, 11) is -3.40. The Bertz CT molecular complexity index is 400. The smallest absolute Gasteiger partial charge is 0.383 e. The zero-order chi connectivity index (χ0) is 15.4. The van der Waals surface area contributed by atoms with Crippen molar-refractivity contribution in [3.8, 4) is 0 Å². The molecule has 0 spiro atoms. The van der Waals surface area contributed by atoms with Crippen molar-refractivity contribution in [3.05, 3.63) is 0 Å². The summed E-state index contributed by atoms with van der Waals surface area (Å²) in [5, 5.41) is 0. The third kappa shape index (κ3) is 4.87. The number of ether oxygens (including phenoxy) is 1. The standard InChI is InChI=1S/C11H21F3N2O3S/c1-10-9-15(3-4-16(10)5-7-19-2)6-8-20(17,18)11(12,13)14/h10H,3-9H2,1-2H3/t10-/m1/s1. The van der Waals surface area contributed by atoms with Crippen molar-refractivity contribution in [2.24, 2.45) is 0 Å². The second-order valence-electron chi connectivity index (χ2n) is 4.94. The maximum atomic E-state index is 12.2. The van der Waals surface area contributed by atoms with Crippen molar-refractivity contribution in [2.75, 3.05) is 52.2 Å². The number of nitrogens with zero attached hydrogens (tertiary/aromatic N) is 2. The highest BCUT2D eigenvalue weighted by Gasteiger charge is 2.45. The zero-order valence-electron chi connectivity index (χ0n) is 11.7. The van der Waals surface area contributed by atoms with E-state index in [9.17, 15) is 21.6 Å². The molecule has 0 radical (unpaired) electrons. The first-order chi connectivity index (χ1) is 9.17. The normalized spacial score (nSPS) is 23.1. The van der Waals surface area contributed by atoms with Crippen LogP contribution in [0.25, 0.3) is 0 Å². The van der Waals surface area contributed by atoms with Gasteiger partial charge in [-0.1, -0.05) is 0 Å². The molecule has 0 aromatic carbocycles. The first kappa shape index (κ1) is 17.7. The molecule has 1 saturated heterocycles. The summed E-state index contributed by atoms with van der Waals surface area (Å²) in [5.74, 6) is -0.874. The molecule has 5 nitrogen and oxygen atoms in total. The summed E-state index contributed by atoms with van der Waals surface area (Å²) in [6, 6.07) is 0.174. The quantitative estimate of drug-likeness (QED) is 0.717. The van der Waals surface area contributed by atoms with Crippen molar-refractivity contribution in [1.82, 2.24) is 9.80 Å². The highest BCUT2D eigenvalue weighted by Crippen LogP contribution is 2.24. The molecular weight excluding hydrogens is 297 g/mol. The maximum absolute atomic E-state index is 12.2. The van der Waals surface area contributed by atoms with Gasteiger partial charge in [-0.05, 0) is 6.92 Å². The summed E-state index contributed by atoms with van der Waals surface area (Å²) in [6.07, 6.45) is 0. The Morgan fingerprint density at radius 1 is 1.25 bits per heavy atom. The summed E-state index contributed by atoms with van der Waals surface area (Å²) >= 11 is 0. The number of alkyl halides is 3. The Morgan fingerprint density at radius 2 is 1.90 bits per heavy atom. The van der Waals surface area contributed by atoms with Crippen LogP contribution in [0.3, 0.4) is 0 Å². The molecule has 9 heteroatoms. The van der Waals surface area contributed by atoms with Crippen LogP contribution < -0.4 is 0 Å². The molecule has 1 aliphatic heterocycles. The minimum absolute atomic E-state index is 0.0791. The van der Waals surface area contributed by atoms with E-state index in [0.717, 1.165) is 6.54 Å². The van der Waals surface area contributed by atoms with Crippen LogP contribution in [-0.4, -0.2) is 82.0 Å². The summed E-state index contributed by atoms with van der Waals surface area (Å²) in [5.41, 5.74) is -5.15. The van der Waals surface area contributed by atoms with Gasteiger partial charge in [-0.2, -0.15) is 13.2 Å². The van der Waals surface area contributed by atoms with Crippen LogP contribution in [0.1, 0.15) is 6.92 Å². The van der Waals surface area contributed by atoms with Gasteiger partial charge < -0.3 is 4.74 Å². The predicted molar refractivity (Wildman–Crippen MR) is 69.2 cm³/mol. The number of piperazine rings is 1. The van der Waals surface area contributed by atoms with Crippen LogP contribution in [0.2, 0.25) is 0 Å². The summed E-state index contributed by atoms with van der Waals surface area (Å²) in [4.78, 5) is 3.94. The molecule has 0 bridgehead atoms. The minimum Gasteiger partial charge on any atom is -0.383 e. The lowest BCUT2D eigenvalue weighted by Gasteiger charge is -2.39. The molecule has 0 unspecified atom stereocenters. The van der Waals surface area contributed by atoms with Crippen LogP contribution in [0.4, 0.5) is 13.2 Å². The zero-order valence-corrected chi connectivity index (χ0v) is 12.5. The average Bonchev–Trinajstić information content (AvgIpc) is 2.34. The molecule has 1 atom stereocenters. The lowest BCUT2D eigenvalue weighted by molar-refractivity contribution is -0.0438. The topological polar surface area (TPSA) is 49.9 Å². The first-order valence-electron chi connectivity index (χ1n) is 6.41. The van der Waals surface area contributed by atoms with Gasteiger partial charge in [-0.25, -0.2) is 8.42 Å². The van der Waals surface area contributed by atoms with Gasteiger partial charge in [0, 0.05) is 45.9 Å². The molecule has 0 aromatic rings. The van der Waals surface area contributed by atoms with E-state index >= 15 is 0 Å². The molecule has 120 valence electrons. The number of hydrogen-bond acceptors (Lipinski definition) is 5. The third-order valence-corrected chi connectivity index (χ3v) is 4.89. The first-order valence-corrected chi connectivity index (χ1v) is 8.07. The Balaban J connectivity index is 2.42. The molecule has 1 rings (SSSR count). The highest BCUT2D eigenvalue weighted by atomic mass is 32.2. The molecule has 1 heterocycles. The molecule has 0 aliphatic carbocycles. The molecule has 0 aromatic heterocycles. The largest absolute Gasteiger partial charge is 0.497 e. The van der Waals surface area contributed by atoms with E-state index in [2.05, 4.69) is 4.90 Å². The van der Waals surface area contributed by atoms with Crippen LogP contribution in [0.5, 0.6) is 0 Å². The number of halogens is 3. The summed E-state index contributed by atoms with van der Waals surface area (Å²) in [6.45, 7) is 5.11. The van der Waals surface area contributed by atoms with Crippen LogP contribution in [0, 0.1) is 0 Å². The molecular formula is C11H21F3N2O3S. The van der Waals surface area contributed by atoms with E-state index in [0.29, 0.717) is 26.2 Å². The van der Waals surface area contributed by atoms with Gasteiger partial charge in [0.25, 0.3) is 0 Å². The van der Waals surface area contributed by atoms with Gasteiger partial charge >= 0.3 is 5.51 Å². The lowest BCUT2D eigenvalue weighted by Crippen LogP contribution is -2.53. The number of sulfone groups is 1. The van der Waals surface area contributed by atoms with E-state index in [4.69, 9.17) is 4.74 Å². The number of hydrogen-bond donors (Lipinski definition) is 0. The van der Waals surface area contributed by atoms with E-state index in [1.807, 2.05) is 6.92 Å². The lowest BCUT2D eigenvalue weighted by atomic mass is 10.2. The van der Waals surface area contributed by atoms with Crippen LogP contribution in [-0.2, 0) is 14.6 Å². The molecule has 0 saturated carbocycles. The second-order valence-corrected chi connectivity index (χ2v) is 7.04. The molecule has 20 heavy (non-hydrogen) atoms. The minimum atomic E-state index is -5.15. The monoisotopic (exact) mass is 318 g/mol. The predicted octanol–water partition coefficient (Wildman–Crippen LogP) is 0.574. The van der Waals surface area contributed by atoms with Crippen LogP contribution in [0.15, 0.2) is 0 Å². The van der Waals surface area contributed by atoms with Gasteiger partial charge in [0.1, 0.15) is 0 Å². The molecule has 0 amide bonds. The molecule has 1 aliphatic rings. The Labute approximate surface area is 117 Å². The van der Waals surface area contributed by atoms with Crippen LogP contribution >= 0.6 is 0 Å². The Morgan fingerprint density at radius 3 is 2.40 bits per heavy atom. The highest BCUT2D eigenvalue weighted by molar-refractivity contribution is 7.92. The van der Waals surface area contributed by atoms with Crippen molar-refractivity contribution in [3.63, 3.8) is 0 Å². The van der Waals surface area contributed by atoms with E-state index in [-0.39, 0.29) is 12.6 Å². The van der Waals surface area contributed by atoms with E-state index in [1.165, 1.54) is 0 Å². The summed E-state index contributed by atoms with van der Waals surface area (Å²) < 4.78 is 63.7.